The van der Waals surface area contributed by atoms with Gasteiger partial charge in [-0.3, -0.25) is 9.78 Å². The quantitative estimate of drug-likeness (QED) is 0.783. The number of hydrogen-bond acceptors (Lipinski definition) is 5. The second-order valence-electron chi connectivity index (χ2n) is 6.08. The lowest BCUT2D eigenvalue weighted by Gasteiger charge is -2.32. The zero-order valence-electron chi connectivity index (χ0n) is 13.5. The van der Waals surface area contributed by atoms with Crippen molar-refractivity contribution in [3.8, 4) is 0 Å². The molecule has 1 fully saturated rings. The molecule has 3 heterocycles. The number of pyridine rings is 1. The fraction of sp³-hybridized carbons (Fsp3) is 0.278. The van der Waals surface area contributed by atoms with Crippen LogP contribution in [0.3, 0.4) is 0 Å². The third-order valence-electron chi connectivity index (χ3n) is 4.36. The van der Waals surface area contributed by atoms with Crippen LogP contribution >= 0.6 is 11.3 Å². The maximum atomic E-state index is 13.3. The second-order valence-corrected chi connectivity index (χ2v) is 7.09. The van der Waals surface area contributed by atoms with Gasteiger partial charge in [-0.1, -0.05) is 11.3 Å². The summed E-state index contributed by atoms with van der Waals surface area (Å²) < 4.78 is 14.2. The van der Waals surface area contributed by atoms with Crippen molar-refractivity contribution in [2.45, 2.75) is 18.9 Å². The first kappa shape index (κ1) is 16.0. The highest BCUT2D eigenvalue weighted by atomic mass is 32.1. The van der Waals surface area contributed by atoms with E-state index >= 15 is 0 Å². The van der Waals surface area contributed by atoms with Crippen LogP contribution in [0.2, 0.25) is 0 Å². The highest BCUT2D eigenvalue weighted by Gasteiger charge is 2.23. The molecule has 0 bridgehead atoms. The lowest BCUT2D eigenvalue weighted by atomic mass is 10.1. The Labute approximate surface area is 148 Å². The minimum atomic E-state index is -0.237. The van der Waals surface area contributed by atoms with Gasteiger partial charge in [0, 0.05) is 31.5 Å². The largest absolute Gasteiger partial charge is 0.349 e. The first-order chi connectivity index (χ1) is 12.2. The molecule has 4 rings (SSSR count). The predicted molar refractivity (Wildman–Crippen MR) is 96.5 cm³/mol. The van der Waals surface area contributed by atoms with Gasteiger partial charge in [-0.2, -0.15) is 0 Å². The number of hydrogen-bond donors (Lipinski definition) is 1. The summed E-state index contributed by atoms with van der Waals surface area (Å²) in [7, 11) is 0. The minimum absolute atomic E-state index is 0.0815. The molecule has 3 aromatic rings. The summed E-state index contributed by atoms with van der Waals surface area (Å²) in [5.74, 6) is -0.318. The van der Waals surface area contributed by atoms with Crippen molar-refractivity contribution in [2.75, 3.05) is 18.0 Å². The number of thiazole rings is 1. The van der Waals surface area contributed by atoms with Crippen molar-refractivity contribution in [3.63, 3.8) is 0 Å². The summed E-state index contributed by atoms with van der Waals surface area (Å²) >= 11 is 1.51. The number of fused-ring (bicyclic) bond motifs is 1. The van der Waals surface area contributed by atoms with Crippen LogP contribution < -0.4 is 10.2 Å². The van der Waals surface area contributed by atoms with E-state index in [0.717, 1.165) is 41.3 Å². The third-order valence-corrected chi connectivity index (χ3v) is 5.44. The van der Waals surface area contributed by atoms with Crippen molar-refractivity contribution in [2.24, 2.45) is 0 Å². The Balaban J connectivity index is 1.38. The average Bonchev–Trinajstić information content (AvgIpc) is 3.06. The number of carbonyl (C=O) groups is 1. The van der Waals surface area contributed by atoms with Gasteiger partial charge in [0.1, 0.15) is 5.82 Å². The van der Waals surface area contributed by atoms with Gasteiger partial charge in [0.2, 0.25) is 0 Å². The van der Waals surface area contributed by atoms with Crippen LogP contribution in [0.1, 0.15) is 23.2 Å². The second kappa shape index (κ2) is 6.76. The molecule has 0 spiro atoms. The summed E-state index contributed by atoms with van der Waals surface area (Å²) in [5.41, 5.74) is 1.41. The molecule has 25 heavy (non-hydrogen) atoms. The summed E-state index contributed by atoms with van der Waals surface area (Å²) in [4.78, 5) is 23.0. The maximum Gasteiger partial charge on any atom is 0.253 e. The number of halogens is 1. The number of carbonyl (C=O) groups excluding carboxylic acids is 1. The molecule has 1 aliphatic rings. The number of nitrogens with one attached hydrogen (secondary N) is 1. The monoisotopic (exact) mass is 356 g/mol. The Morgan fingerprint density at radius 1 is 1.28 bits per heavy atom. The molecule has 1 aliphatic heterocycles. The minimum Gasteiger partial charge on any atom is -0.349 e. The van der Waals surface area contributed by atoms with Gasteiger partial charge < -0.3 is 10.2 Å². The lowest BCUT2D eigenvalue weighted by molar-refractivity contribution is 0.0930. The molecule has 0 aliphatic carbocycles. The molecule has 7 heteroatoms. The highest BCUT2D eigenvalue weighted by Crippen LogP contribution is 2.30. The number of benzene rings is 1. The molecule has 1 amide bonds. The Morgan fingerprint density at radius 3 is 2.88 bits per heavy atom. The van der Waals surface area contributed by atoms with Crippen molar-refractivity contribution in [1.29, 1.82) is 0 Å². The van der Waals surface area contributed by atoms with E-state index in [4.69, 9.17) is 0 Å². The third kappa shape index (κ3) is 3.46. The topological polar surface area (TPSA) is 58.1 Å². The molecule has 128 valence electrons. The fourth-order valence-electron chi connectivity index (χ4n) is 3.00. The molecular formula is C18H17FN4OS. The predicted octanol–water partition coefficient (Wildman–Crippen LogP) is 3.23. The number of aromatic nitrogens is 2. The SMILES string of the molecule is O=C(NC1CCN(c2nc3ccc(F)cc3s2)CC1)c1cccnc1. The van der Waals surface area contributed by atoms with E-state index in [9.17, 15) is 9.18 Å². The van der Waals surface area contributed by atoms with Crippen LogP contribution in [-0.2, 0) is 0 Å². The Bertz CT molecular complexity index is 890. The molecule has 0 saturated carbocycles. The summed E-state index contributed by atoms with van der Waals surface area (Å²) in [6.07, 6.45) is 4.94. The fourth-order valence-corrected chi connectivity index (χ4v) is 4.04. The Hall–Kier alpha value is -2.54. The van der Waals surface area contributed by atoms with E-state index in [1.165, 1.54) is 23.5 Å². The molecule has 1 saturated heterocycles. The molecule has 1 N–H and O–H groups in total. The van der Waals surface area contributed by atoms with Crippen molar-refractivity contribution in [1.82, 2.24) is 15.3 Å². The summed E-state index contributed by atoms with van der Waals surface area (Å²) in [6.45, 7) is 1.64. The molecule has 1 aromatic carbocycles. The number of anilines is 1. The first-order valence-corrected chi connectivity index (χ1v) is 9.02. The van der Waals surface area contributed by atoms with Crippen LogP contribution in [0.5, 0.6) is 0 Å². The van der Waals surface area contributed by atoms with Gasteiger partial charge in [-0.25, -0.2) is 9.37 Å². The van der Waals surface area contributed by atoms with Gasteiger partial charge in [-0.15, -0.1) is 0 Å². The molecule has 5 nitrogen and oxygen atoms in total. The molecule has 0 unspecified atom stereocenters. The van der Waals surface area contributed by atoms with Gasteiger partial charge in [0.25, 0.3) is 5.91 Å². The zero-order chi connectivity index (χ0) is 17.2. The van der Waals surface area contributed by atoms with Gasteiger partial charge >= 0.3 is 0 Å². The number of piperidine rings is 1. The Morgan fingerprint density at radius 2 is 2.12 bits per heavy atom. The number of rotatable bonds is 3. The standard InChI is InChI=1S/C18H17FN4OS/c19-13-3-4-15-16(10-13)25-18(22-15)23-8-5-14(6-9-23)21-17(24)12-2-1-7-20-11-12/h1-4,7,10-11,14H,5-6,8-9H2,(H,21,24). The van der Waals surface area contributed by atoms with Crippen LogP contribution in [0.25, 0.3) is 10.2 Å². The maximum absolute atomic E-state index is 13.3. The van der Waals surface area contributed by atoms with Gasteiger partial charge in [-0.05, 0) is 43.2 Å². The van der Waals surface area contributed by atoms with E-state index in [0.29, 0.717) is 5.56 Å². The zero-order valence-corrected chi connectivity index (χ0v) is 14.3. The average molecular weight is 356 g/mol. The lowest BCUT2D eigenvalue weighted by Crippen LogP contribution is -2.44. The van der Waals surface area contributed by atoms with E-state index in [-0.39, 0.29) is 17.8 Å². The molecule has 2 aromatic heterocycles. The van der Waals surface area contributed by atoms with Crippen molar-refractivity contribution < 1.29 is 9.18 Å². The molecule has 0 radical (unpaired) electrons. The van der Waals surface area contributed by atoms with Crippen LogP contribution in [0, 0.1) is 5.82 Å². The van der Waals surface area contributed by atoms with Crippen LogP contribution in [0.15, 0.2) is 42.7 Å². The van der Waals surface area contributed by atoms with E-state index < -0.39 is 0 Å². The molecule has 0 atom stereocenters. The Kier molecular flexibility index (Phi) is 4.31. The van der Waals surface area contributed by atoms with Crippen LogP contribution in [0.4, 0.5) is 9.52 Å². The normalized spacial score (nSPS) is 15.5. The molecular weight excluding hydrogens is 339 g/mol. The number of amides is 1. The first-order valence-electron chi connectivity index (χ1n) is 8.21. The highest BCUT2D eigenvalue weighted by molar-refractivity contribution is 7.22. The van der Waals surface area contributed by atoms with Crippen molar-refractivity contribution >= 4 is 32.6 Å². The summed E-state index contributed by atoms with van der Waals surface area (Å²) in [5, 5.41) is 3.98. The van der Waals surface area contributed by atoms with E-state index in [1.54, 1.807) is 30.6 Å². The van der Waals surface area contributed by atoms with Crippen molar-refractivity contribution in [3.05, 3.63) is 54.1 Å². The van der Waals surface area contributed by atoms with E-state index in [1.807, 2.05) is 0 Å². The van der Waals surface area contributed by atoms with Gasteiger partial charge in [0.15, 0.2) is 5.13 Å². The summed E-state index contributed by atoms with van der Waals surface area (Å²) in [6, 6.07) is 8.34. The number of nitrogens with zero attached hydrogens (tertiary/aromatic N) is 3. The van der Waals surface area contributed by atoms with Gasteiger partial charge in [0.05, 0.1) is 15.8 Å². The smallest absolute Gasteiger partial charge is 0.253 e. The van der Waals surface area contributed by atoms with Crippen LogP contribution in [-0.4, -0.2) is 35.0 Å². The van der Waals surface area contributed by atoms with E-state index in [2.05, 4.69) is 20.2 Å².